The zero-order valence-corrected chi connectivity index (χ0v) is 17.6. The maximum atomic E-state index is 13.8. The molecule has 3 aromatic rings. The van der Waals surface area contributed by atoms with Crippen molar-refractivity contribution in [2.75, 3.05) is 25.1 Å². The van der Waals surface area contributed by atoms with Gasteiger partial charge in [0.15, 0.2) is 0 Å². The lowest BCUT2D eigenvalue weighted by atomic mass is 9.74. The van der Waals surface area contributed by atoms with E-state index in [0.29, 0.717) is 25.4 Å². The fraction of sp³-hybridized carbons (Fsp3) is 0.292. The summed E-state index contributed by atoms with van der Waals surface area (Å²) in [6, 6.07) is 15.9. The molecule has 1 fully saturated rings. The fourth-order valence-electron chi connectivity index (χ4n) is 3.95. The highest BCUT2D eigenvalue weighted by Crippen LogP contribution is 2.34. The Hall–Kier alpha value is -3.52. The van der Waals surface area contributed by atoms with E-state index in [1.54, 1.807) is 12.3 Å². The van der Waals surface area contributed by atoms with Crippen molar-refractivity contribution in [1.29, 1.82) is 0 Å². The molecule has 32 heavy (non-hydrogen) atoms. The maximum absolute atomic E-state index is 13.8. The van der Waals surface area contributed by atoms with Gasteiger partial charge in [0.1, 0.15) is 12.4 Å². The number of hydrogen-bond donors (Lipinski definition) is 2. The lowest BCUT2D eigenvalue weighted by Crippen LogP contribution is -2.45. The lowest BCUT2D eigenvalue weighted by Gasteiger charge is -2.38. The third kappa shape index (κ3) is 5.03. The number of halogens is 1. The lowest BCUT2D eigenvalue weighted by molar-refractivity contribution is -0.122. The van der Waals surface area contributed by atoms with Crippen molar-refractivity contribution in [3.63, 3.8) is 0 Å². The van der Waals surface area contributed by atoms with Gasteiger partial charge in [-0.25, -0.2) is 4.39 Å². The van der Waals surface area contributed by atoms with E-state index in [2.05, 4.69) is 27.9 Å². The molecule has 1 aliphatic heterocycles. The molecule has 2 heterocycles. The van der Waals surface area contributed by atoms with Crippen molar-refractivity contribution < 1.29 is 18.7 Å². The largest absolute Gasteiger partial charge is 0.381 e. The van der Waals surface area contributed by atoms with E-state index in [4.69, 9.17) is 4.74 Å². The van der Waals surface area contributed by atoms with Gasteiger partial charge in [-0.2, -0.15) is 5.10 Å². The molecule has 4 rings (SSSR count). The normalized spacial score (nSPS) is 15.2. The molecule has 8 heteroatoms. The molecule has 0 atom stereocenters. The van der Waals surface area contributed by atoms with Gasteiger partial charge in [-0.3, -0.25) is 14.3 Å². The number of nitrogens with one attached hydrogen (secondary N) is 2. The van der Waals surface area contributed by atoms with E-state index in [1.807, 2.05) is 18.2 Å². The number of aromatic nitrogens is 2. The van der Waals surface area contributed by atoms with Crippen molar-refractivity contribution in [3.05, 3.63) is 83.9 Å². The molecule has 0 aliphatic carbocycles. The Morgan fingerprint density at radius 3 is 2.53 bits per heavy atom. The smallest absolute Gasteiger partial charge is 0.258 e. The van der Waals surface area contributed by atoms with Crippen LogP contribution in [0.2, 0.25) is 0 Å². The Labute approximate surface area is 185 Å². The minimum Gasteiger partial charge on any atom is -0.381 e. The van der Waals surface area contributed by atoms with Gasteiger partial charge in [0, 0.05) is 31.4 Å². The monoisotopic (exact) mass is 436 g/mol. The molecule has 0 unspecified atom stereocenters. The number of anilines is 1. The van der Waals surface area contributed by atoms with E-state index >= 15 is 0 Å². The second-order valence-corrected chi connectivity index (χ2v) is 7.90. The first-order chi connectivity index (χ1) is 15.6. The number of amides is 2. The van der Waals surface area contributed by atoms with Gasteiger partial charge in [-0.05, 0) is 30.5 Å². The summed E-state index contributed by atoms with van der Waals surface area (Å²) in [4.78, 5) is 24.8. The molecule has 1 aromatic heterocycles. The molecular weight excluding hydrogens is 411 g/mol. The van der Waals surface area contributed by atoms with Crippen molar-refractivity contribution in [3.8, 4) is 0 Å². The second kappa shape index (κ2) is 9.74. The van der Waals surface area contributed by atoms with Gasteiger partial charge in [-0.15, -0.1) is 0 Å². The molecule has 0 saturated carbocycles. The Balaban J connectivity index is 1.35. The van der Waals surface area contributed by atoms with Crippen molar-refractivity contribution in [1.82, 2.24) is 15.1 Å². The predicted octanol–water partition coefficient (Wildman–Crippen LogP) is 3.14. The van der Waals surface area contributed by atoms with Crippen LogP contribution in [0.3, 0.4) is 0 Å². The fourth-order valence-corrected chi connectivity index (χ4v) is 3.95. The number of nitrogens with zero attached hydrogens (tertiary/aromatic N) is 2. The van der Waals surface area contributed by atoms with Gasteiger partial charge in [0.2, 0.25) is 5.91 Å². The molecule has 0 radical (unpaired) electrons. The van der Waals surface area contributed by atoms with Crippen LogP contribution in [-0.2, 0) is 21.5 Å². The van der Waals surface area contributed by atoms with Crippen molar-refractivity contribution in [2.24, 2.45) is 0 Å². The highest BCUT2D eigenvalue weighted by atomic mass is 19.1. The number of hydrogen-bond acceptors (Lipinski definition) is 4. The summed E-state index contributed by atoms with van der Waals surface area (Å²) in [7, 11) is 0. The summed E-state index contributed by atoms with van der Waals surface area (Å²) in [5.74, 6) is -1.35. The first kappa shape index (κ1) is 21.7. The Kier molecular flexibility index (Phi) is 6.61. The van der Waals surface area contributed by atoms with Crippen LogP contribution in [0, 0.1) is 5.82 Å². The van der Waals surface area contributed by atoms with Crippen LogP contribution in [0.15, 0.2) is 67.0 Å². The van der Waals surface area contributed by atoms with Crippen LogP contribution in [0.5, 0.6) is 0 Å². The molecule has 2 aromatic carbocycles. The minimum atomic E-state index is -0.600. The summed E-state index contributed by atoms with van der Waals surface area (Å²) < 4.78 is 20.7. The SMILES string of the molecule is O=C(Cn1cc(NC(=O)c2ccccc2F)cn1)NCC1(c2ccccc2)CCOCC1. The van der Waals surface area contributed by atoms with Crippen molar-refractivity contribution >= 4 is 17.5 Å². The first-order valence-corrected chi connectivity index (χ1v) is 10.5. The van der Waals surface area contributed by atoms with Crippen LogP contribution in [-0.4, -0.2) is 41.4 Å². The summed E-state index contributed by atoms with van der Waals surface area (Å²) in [6.07, 6.45) is 4.65. The molecule has 1 saturated heterocycles. The quantitative estimate of drug-likeness (QED) is 0.596. The minimum absolute atomic E-state index is 0.0109. The zero-order chi connectivity index (χ0) is 22.4. The number of carbonyl (C=O) groups excluding carboxylic acids is 2. The van der Waals surface area contributed by atoms with E-state index in [-0.39, 0.29) is 23.4 Å². The van der Waals surface area contributed by atoms with Crippen LogP contribution >= 0.6 is 0 Å². The molecule has 0 bridgehead atoms. The predicted molar refractivity (Wildman–Crippen MR) is 118 cm³/mol. The molecule has 0 spiro atoms. The van der Waals surface area contributed by atoms with Crippen molar-refractivity contribution in [2.45, 2.75) is 24.8 Å². The maximum Gasteiger partial charge on any atom is 0.258 e. The van der Waals surface area contributed by atoms with E-state index in [0.717, 1.165) is 12.8 Å². The summed E-state index contributed by atoms with van der Waals surface area (Å²) >= 11 is 0. The van der Waals surface area contributed by atoms with Gasteiger partial charge < -0.3 is 15.4 Å². The molecule has 7 nitrogen and oxygen atoms in total. The standard InChI is InChI=1S/C24H25FN4O3/c25-21-9-5-4-8-20(21)23(31)28-19-14-27-29(15-19)16-22(30)26-17-24(10-12-32-13-11-24)18-6-2-1-3-7-18/h1-9,14-15H,10-13,16-17H2,(H,26,30)(H,28,31). The summed E-state index contributed by atoms with van der Waals surface area (Å²) in [6.45, 7) is 1.85. The third-order valence-electron chi connectivity index (χ3n) is 5.78. The van der Waals surface area contributed by atoms with Crippen LogP contribution in [0.4, 0.5) is 10.1 Å². The van der Waals surface area contributed by atoms with E-state index in [1.165, 1.54) is 34.6 Å². The molecule has 2 N–H and O–H groups in total. The first-order valence-electron chi connectivity index (χ1n) is 10.5. The number of rotatable bonds is 7. The number of ether oxygens (including phenoxy) is 1. The number of benzene rings is 2. The topological polar surface area (TPSA) is 85.2 Å². The molecule has 1 aliphatic rings. The van der Waals surface area contributed by atoms with Crippen LogP contribution < -0.4 is 10.6 Å². The highest BCUT2D eigenvalue weighted by molar-refractivity contribution is 6.04. The Bertz CT molecular complexity index is 1080. The van der Waals surface area contributed by atoms with Crippen LogP contribution in [0.1, 0.15) is 28.8 Å². The zero-order valence-electron chi connectivity index (χ0n) is 17.6. The highest BCUT2D eigenvalue weighted by Gasteiger charge is 2.34. The average Bonchev–Trinajstić information content (AvgIpc) is 3.25. The summed E-state index contributed by atoms with van der Waals surface area (Å²) in [5, 5.41) is 9.75. The second-order valence-electron chi connectivity index (χ2n) is 7.90. The Morgan fingerprint density at radius 1 is 1.06 bits per heavy atom. The number of carbonyl (C=O) groups is 2. The van der Waals surface area contributed by atoms with Gasteiger partial charge in [0.25, 0.3) is 5.91 Å². The van der Waals surface area contributed by atoms with E-state index in [9.17, 15) is 14.0 Å². The molecular formula is C24H25FN4O3. The Morgan fingerprint density at radius 2 is 1.78 bits per heavy atom. The molecule has 2 amide bonds. The summed E-state index contributed by atoms with van der Waals surface area (Å²) in [5.41, 5.74) is 1.37. The van der Waals surface area contributed by atoms with Gasteiger partial charge >= 0.3 is 0 Å². The average molecular weight is 436 g/mol. The van der Waals surface area contributed by atoms with E-state index < -0.39 is 11.7 Å². The molecule has 166 valence electrons. The van der Waals surface area contributed by atoms with Gasteiger partial charge in [-0.1, -0.05) is 42.5 Å². The van der Waals surface area contributed by atoms with Gasteiger partial charge in [0.05, 0.1) is 17.4 Å². The third-order valence-corrected chi connectivity index (χ3v) is 5.78. The van der Waals surface area contributed by atoms with Crippen LogP contribution in [0.25, 0.3) is 0 Å².